The molecule has 1 nitrogen and oxygen atoms in total. The van der Waals surface area contributed by atoms with E-state index in [1.54, 1.807) is 0 Å². The van der Waals surface area contributed by atoms with Crippen LogP contribution < -0.4 is 0 Å². The molecule has 0 unspecified atom stereocenters. The molecule has 1 aromatic rings. The first-order valence-electron chi connectivity index (χ1n) is 6.78. The lowest BCUT2D eigenvalue weighted by Crippen LogP contribution is -2.25. The minimum atomic E-state index is 0.131. The SMILES string of the molecule is Cc1cc(C(C)(C)CC(C)(C)C)cc(CO)c1C. The monoisotopic (exact) mass is 248 g/mol. The molecular weight excluding hydrogens is 220 g/mol. The number of aryl methyl sites for hydroxylation is 1. The highest BCUT2D eigenvalue weighted by atomic mass is 16.3. The lowest BCUT2D eigenvalue weighted by molar-refractivity contribution is 0.276. The van der Waals surface area contributed by atoms with Crippen LogP contribution in [0.3, 0.4) is 0 Å². The van der Waals surface area contributed by atoms with Gasteiger partial charge in [-0.15, -0.1) is 0 Å². The molecule has 0 bridgehead atoms. The van der Waals surface area contributed by atoms with Gasteiger partial charge in [-0.05, 0) is 53.4 Å². The van der Waals surface area contributed by atoms with Gasteiger partial charge in [-0.2, -0.15) is 0 Å². The highest BCUT2D eigenvalue weighted by Crippen LogP contribution is 2.37. The third-order valence-electron chi connectivity index (χ3n) is 3.70. The van der Waals surface area contributed by atoms with Crippen LogP contribution in [0.5, 0.6) is 0 Å². The van der Waals surface area contributed by atoms with Crippen LogP contribution in [0.4, 0.5) is 0 Å². The lowest BCUT2D eigenvalue weighted by Gasteiger charge is -2.33. The first-order chi connectivity index (χ1) is 8.07. The predicted octanol–water partition coefficient (Wildman–Crippen LogP) is 4.51. The minimum Gasteiger partial charge on any atom is -0.392 e. The third kappa shape index (κ3) is 3.58. The normalized spacial score (nSPS) is 12.9. The van der Waals surface area contributed by atoms with E-state index in [-0.39, 0.29) is 12.0 Å². The number of hydrogen-bond donors (Lipinski definition) is 1. The van der Waals surface area contributed by atoms with Crippen LogP contribution in [0.15, 0.2) is 12.1 Å². The standard InChI is InChI=1S/C17H28O/c1-12-8-15(9-14(10-18)13(12)2)17(6,7)11-16(3,4)5/h8-9,18H,10-11H2,1-7H3. The van der Waals surface area contributed by atoms with Gasteiger partial charge in [-0.3, -0.25) is 0 Å². The van der Waals surface area contributed by atoms with Gasteiger partial charge in [0.2, 0.25) is 0 Å². The Morgan fingerprint density at radius 2 is 1.56 bits per heavy atom. The molecule has 0 atom stereocenters. The van der Waals surface area contributed by atoms with Crippen molar-refractivity contribution in [3.63, 3.8) is 0 Å². The largest absolute Gasteiger partial charge is 0.392 e. The van der Waals surface area contributed by atoms with Crippen molar-refractivity contribution < 1.29 is 5.11 Å². The Morgan fingerprint density at radius 3 is 2.00 bits per heavy atom. The highest BCUT2D eigenvalue weighted by Gasteiger charge is 2.27. The van der Waals surface area contributed by atoms with E-state index in [2.05, 4.69) is 60.6 Å². The Bertz CT molecular complexity index is 422. The second kappa shape index (κ2) is 5.05. The van der Waals surface area contributed by atoms with E-state index < -0.39 is 0 Å². The van der Waals surface area contributed by atoms with E-state index in [0.29, 0.717) is 5.41 Å². The number of hydrogen-bond acceptors (Lipinski definition) is 1. The van der Waals surface area contributed by atoms with Crippen molar-refractivity contribution in [2.75, 3.05) is 0 Å². The topological polar surface area (TPSA) is 20.2 Å². The Hall–Kier alpha value is -0.820. The van der Waals surface area contributed by atoms with Crippen molar-refractivity contribution in [1.29, 1.82) is 0 Å². The fraction of sp³-hybridized carbons (Fsp3) is 0.647. The first kappa shape index (κ1) is 15.2. The maximum Gasteiger partial charge on any atom is 0.0684 e. The summed E-state index contributed by atoms with van der Waals surface area (Å²) in [5.41, 5.74) is 5.34. The molecular formula is C17H28O. The molecule has 0 saturated heterocycles. The van der Waals surface area contributed by atoms with Crippen LogP contribution in [0.1, 0.15) is 63.3 Å². The van der Waals surface area contributed by atoms with E-state index in [1.807, 2.05) is 0 Å². The smallest absolute Gasteiger partial charge is 0.0684 e. The van der Waals surface area contributed by atoms with Gasteiger partial charge >= 0.3 is 0 Å². The Morgan fingerprint density at radius 1 is 1.00 bits per heavy atom. The molecule has 0 fully saturated rings. The zero-order valence-electron chi connectivity index (χ0n) is 13.0. The van der Waals surface area contributed by atoms with Crippen LogP contribution in [-0.2, 0) is 12.0 Å². The second-order valence-corrected chi connectivity index (χ2v) is 7.36. The molecule has 0 aliphatic rings. The van der Waals surface area contributed by atoms with E-state index in [4.69, 9.17) is 0 Å². The maximum absolute atomic E-state index is 9.47. The zero-order chi connectivity index (χ0) is 14.1. The summed E-state index contributed by atoms with van der Waals surface area (Å²) in [4.78, 5) is 0. The molecule has 0 aliphatic heterocycles. The van der Waals surface area contributed by atoms with Crippen molar-refractivity contribution in [1.82, 2.24) is 0 Å². The molecule has 1 rings (SSSR count). The Kier molecular flexibility index (Phi) is 4.27. The molecule has 0 aliphatic carbocycles. The molecule has 0 saturated carbocycles. The first-order valence-corrected chi connectivity index (χ1v) is 6.78. The fourth-order valence-corrected chi connectivity index (χ4v) is 2.92. The molecule has 102 valence electrons. The molecule has 18 heavy (non-hydrogen) atoms. The molecule has 0 amide bonds. The summed E-state index contributed by atoms with van der Waals surface area (Å²) >= 11 is 0. The molecule has 1 heteroatoms. The third-order valence-corrected chi connectivity index (χ3v) is 3.70. The number of aliphatic hydroxyl groups excluding tert-OH is 1. The summed E-state index contributed by atoms with van der Waals surface area (Å²) in [6, 6.07) is 4.45. The second-order valence-electron chi connectivity index (χ2n) is 7.36. The van der Waals surface area contributed by atoms with Crippen molar-refractivity contribution in [2.24, 2.45) is 5.41 Å². The molecule has 0 heterocycles. The van der Waals surface area contributed by atoms with E-state index in [0.717, 1.165) is 12.0 Å². The zero-order valence-corrected chi connectivity index (χ0v) is 13.0. The molecule has 0 aromatic heterocycles. The summed E-state index contributed by atoms with van der Waals surface area (Å²) in [5, 5.41) is 9.47. The summed E-state index contributed by atoms with van der Waals surface area (Å²) in [6.07, 6.45) is 1.13. The van der Waals surface area contributed by atoms with Gasteiger partial charge < -0.3 is 5.11 Å². The minimum absolute atomic E-state index is 0.131. The Labute approximate surface area is 112 Å². The predicted molar refractivity (Wildman–Crippen MR) is 78.9 cm³/mol. The maximum atomic E-state index is 9.47. The van der Waals surface area contributed by atoms with Gasteiger partial charge in [0.1, 0.15) is 0 Å². The fourth-order valence-electron chi connectivity index (χ4n) is 2.92. The molecule has 1 aromatic carbocycles. The Balaban J connectivity index is 3.20. The van der Waals surface area contributed by atoms with Gasteiger partial charge in [-0.1, -0.05) is 46.8 Å². The number of benzene rings is 1. The van der Waals surface area contributed by atoms with Crippen molar-refractivity contribution in [3.05, 3.63) is 34.4 Å². The summed E-state index contributed by atoms with van der Waals surface area (Å²) in [6.45, 7) is 15.8. The molecule has 0 spiro atoms. The molecule has 1 N–H and O–H groups in total. The van der Waals surface area contributed by atoms with E-state index in [9.17, 15) is 5.11 Å². The summed E-state index contributed by atoms with van der Waals surface area (Å²) in [7, 11) is 0. The average Bonchev–Trinajstić information content (AvgIpc) is 2.18. The van der Waals surface area contributed by atoms with Gasteiger partial charge in [-0.25, -0.2) is 0 Å². The molecule has 0 radical (unpaired) electrons. The van der Waals surface area contributed by atoms with Crippen molar-refractivity contribution >= 4 is 0 Å². The van der Waals surface area contributed by atoms with Crippen molar-refractivity contribution in [3.8, 4) is 0 Å². The van der Waals surface area contributed by atoms with Gasteiger partial charge in [0, 0.05) is 0 Å². The van der Waals surface area contributed by atoms with Crippen LogP contribution >= 0.6 is 0 Å². The van der Waals surface area contributed by atoms with Crippen LogP contribution in [0.25, 0.3) is 0 Å². The van der Waals surface area contributed by atoms with Crippen molar-refractivity contribution in [2.45, 2.75) is 66.9 Å². The van der Waals surface area contributed by atoms with Gasteiger partial charge in [0.15, 0.2) is 0 Å². The van der Waals surface area contributed by atoms with E-state index in [1.165, 1.54) is 16.7 Å². The highest BCUT2D eigenvalue weighted by molar-refractivity contribution is 5.40. The van der Waals surface area contributed by atoms with Crippen LogP contribution in [-0.4, -0.2) is 5.11 Å². The van der Waals surface area contributed by atoms with Crippen LogP contribution in [0, 0.1) is 19.3 Å². The summed E-state index contributed by atoms with van der Waals surface area (Å²) in [5.74, 6) is 0. The quantitative estimate of drug-likeness (QED) is 0.834. The number of aliphatic hydroxyl groups is 1. The van der Waals surface area contributed by atoms with E-state index >= 15 is 0 Å². The summed E-state index contributed by atoms with van der Waals surface area (Å²) < 4.78 is 0. The average molecular weight is 248 g/mol. The van der Waals surface area contributed by atoms with Gasteiger partial charge in [0.05, 0.1) is 6.61 Å². The van der Waals surface area contributed by atoms with Gasteiger partial charge in [0.25, 0.3) is 0 Å². The number of rotatable bonds is 3. The lowest BCUT2D eigenvalue weighted by atomic mass is 9.71. The van der Waals surface area contributed by atoms with Crippen LogP contribution in [0.2, 0.25) is 0 Å².